The van der Waals surface area contributed by atoms with Crippen molar-refractivity contribution in [3.8, 4) is 0 Å². The first kappa shape index (κ1) is 10.8. The second-order valence-corrected chi connectivity index (χ2v) is 3.99. The van der Waals surface area contributed by atoms with Crippen LogP contribution in [0.3, 0.4) is 0 Å². The molecule has 2 unspecified atom stereocenters. The van der Waals surface area contributed by atoms with E-state index >= 15 is 0 Å². The summed E-state index contributed by atoms with van der Waals surface area (Å²) in [6.45, 7) is 2.26. The molecule has 0 radical (unpaired) electrons. The lowest BCUT2D eigenvalue weighted by Gasteiger charge is -2.28. The minimum Gasteiger partial charge on any atom is -0.375 e. The SMILES string of the molecule is CSCC(C(N)=O)C1CNCCO1. The van der Waals surface area contributed by atoms with Crippen LogP contribution in [-0.2, 0) is 9.53 Å². The lowest BCUT2D eigenvalue weighted by molar-refractivity contribution is -0.126. The fourth-order valence-corrected chi connectivity index (χ4v) is 2.13. The van der Waals surface area contributed by atoms with Crippen molar-refractivity contribution >= 4 is 17.7 Å². The summed E-state index contributed by atoms with van der Waals surface area (Å²) < 4.78 is 5.48. The van der Waals surface area contributed by atoms with Crippen LogP contribution < -0.4 is 11.1 Å². The molecule has 1 aliphatic rings. The van der Waals surface area contributed by atoms with Gasteiger partial charge in [-0.25, -0.2) is 0 Å². The number of hydrogen-bond donors (Lipinski definition) is 2. The van der Waals surface area contributed by atoms with E-state index in [0.717, 1.165) is 18.8 Å². The highest BCUT2D eigenvalue weighted by atomic mass is 32.2. The van der Waals surface area contributed by atoms with E-state index in [9.17, 15) is 4.79 Å². The van der Waals surface area contributed by atoms with E-state index in [-0.39, 0.29) is 17.9 Å². The van der Waals surface area contributed by atoms with Gasteiger partial charge in [0.15, 0.2) is 0 Å². The molecule has 3 N–H and O–H groups in total. The molecule has 1 rings (SSSR count). The number of carbonyl (C=O) groups excluding carboxylic acids is 1. The number of primary amides is 1. The van der Waals surface area contributed by atoms with Crippen LogP contribution in [0.5, 0.6) is 0 Å². The fourth-order valence-electron chi connectivity index (χ4n) is 1.40. The van der Waals surface area contributed by atoms with Crippen LogP contribution in [0.15, 0.2) is 0 Å². The largest absolute Gasteiger partial charge is 0.375 e. The van der Waals surface area contributed by atoms with Gasteiger partial charge in [0.1, 0.15) is 0 Å². The third-order valence-electron chi connectivity index (χ3n) is 2.12. The molecule has 0 aromatic heterocycles. The predicted molar refractivity (Wildman–Crippen MR) is 53.7 cm³/mol. The van der Waals surface area contributed by atoms with Gasteiger partial charge in [0.25, 0.3) is 0 Å². The summed E-state index contributed by atoms with van der Waals surface area (Å²) in [6.07, 6.45) is 1.92. The highest BCUT2D eigenvalue weighted by Gasteiger charge is 2.28. The molecule has 1 fully saturated rings. The third kappa shape index (κ3) is 3.17. The molecule has 0 bridgehead atoms. The molecule has 4 nitrogen and oxygen atoms in total. The van der Waals surface area contributed by atoms with Crippen LogP contribution in [0.2, 0.25) is 0 Å². The Bertz CT molecular complexity index is 172. The van der Waals surface area contributed by atoms with Crippen LogP contribution in [-0.4, -0.2) is 43.7 Å². The molecule has 1 saturated heterocycles. The standard InChI is InChI=1S/C8H16N2O2S/c1-13-5-6(8(9)11)7-4-10-2-3-12-7/h6-7,10H,2-5H2,1H3,(H2,9,11). The summed E-state index contributed by atoms with van der Waals surface area (Å²) in [5.41, 5.74) is 5.29. The van der Waals surface area contributed by atoms with Gasteiger partial charge in [0, 0.05) is 18.8 Å². The van der Waals surface area contributed by atoms with E-state index in [0.29, 0.717) is 6.61 Å². The molecule has 76 valence electrons. The number of carbonyl (C=O) groups is 1. The minimum atomic E-state index is -0.261. The number of thioether (sulfide) groups is 1. The topological polar surface area (TPSA) is 64.4 Å². The van der Waals surface area contributed by atoms with Gasteiger partial charge in [-0.3, -0.25) is 4.79 Å². The highest BCUT2D eigenvalue weighted by Crippen LogP contribution is 2.14. The van der Waals surface area contributed by atoms with Crippen LogP contribution >= 0.6 is 11.8 Å². The summed E-state index contributed by atoms with van der Waals surface area (Å²) in [4.78, 5) is 11.1. The van der Waals surface area contributed by atoms with Gasteiger partial charge in [-0.1, -0.05) is 0 Å². The number of amides is 1. The van der Waals surface area contributed by atoms with E-state index in [1.807, 2.05) is 6.26 Å². The molecule has 5 heteroatoms. The van der Waals surface area contributed by atoms with Crippen molar-refractivity contribution < 1.29 is 9.53 Å². The number of hydrogen-bond acceptors (Lipinski definition) is 4. The maximum Gasteiger partial charge on any atom is 0.224 e. The van der Waals surface area contributed by atoms with Gasteiger partial charge in [-0.2, -0.15) is 11.8 Å². The molecule has 2 atom stereocenters. The van der Waals surface area contributed by atoms with E-state index in [1.165, 1.54) is 0 Å². The van der Waals surface area contributed by atoms with Crippen molar-refractivity contribution in [2.45, 2.75) is 6.10 Å². The van der Waals surface area contributed by atoms with Crippen molar-refractivity contribution in [3.63, 3.8) is 0 Å². The molecule has 1 heterocycles. The second kappa shape index (κ2) is 5.47. The van der Waals surface area contributed by atoms with Gasteiger partial charge in [-0.05, 0) is 6.26 Å². The monoisotopic (exact) mass is 204 g/mol. The van der Waals surface area contributed by atoms with Gasteiger partial charge >= 0.3 is 0 Å². The summed E-state index contributed by atoms with van der Waals surface area (Å²) in [7, 11) is 0. The molecule has 0 saturated carbocycles. The maximum absolute atomic E-state index is 11.1. The molecular formula is C8H16N2O2S. The Morgan fingerprint density at radius 2 is 2.62 bits per heavy atom. The Labute approximate surface area is 82.6 Å². The zero-order valence-corrected chi connectivity index (χ0v) is 8.60. The van der Waals surface area contributed by atoms with Crippen molar-refractivity contribution in [2.24, 2.45) is 11.7 Å². The molecule has 0 aliphatic carbocycles. The first-order valence-electron chi connectivity index (χ1n) is 4.36. The Morgan fingerprint density at radius 1 is 1.85 bits per heavy atom. The van der Waals surface area contributed by atoms with Crippen molar-refractivity contribution in [3.05, 3.63) is 0 Å². The first-order valence-corrected chi connectivity index (χ1v) is 5.75. The second-order valence-electron chi connectivity index (χ2n) is 3.08. The van der Waals surface area contributed by atoms with Gasteiger partial charge < -0.3 is 15.8 Å². The highest BCUT2D eigenvalue weighted by molar-refractivity contribution is 7.98. The van der Waals surface area contributed by atoms with Gasteiger partial charge in [-0.15, -0.1) is 0 Å². The zero-order chi connectivity index (χ0) is 9.68. The van der Waals surface area contributed by atoms with E-state index < -0.39 is 0 Å². The summed E-state index contributed by atoms with van der Waals surface area (Å²) in [6, 6.07) is 0. The summed E-state index contributed by atoms with van der Waals surface area (Å²) in [5, 5.41) is 3.19. The average molecular weight is 204 g/mol. The fraction of sp³-hybridized carbons (Fsp3) is 0.875. The van der Waals surface area contributed by atoms with E-state index in [1.54, 1.807) is 11.8 Å². The van der Waals surface area contributed by atoms with Crippen LogP contribution in [0, 0.1) is 5.92 Å². The van der Waals surface area contributed by atoms with Gasteiger partial charge in [0.05, 0.1) is 18.6 Å². The molecule has 13 heavy (non-hydrogen) atoms. The first-order chi connectivity index (χ1) is 6.25. The average Bonchev–Trinajstić information content (AvgIpc) is 2.15. The molecule has 0 aromatic carbocycles. The Kier molecular flexibility index (Phi) is 4.55. The molecule has 1 aliphatic heterocycles. The van der Waals surface area contributed by atoms with Crippen LogP contribution in [0.1, 0.15) is 0 Å². The maximum atomic E-state index is 11.1. The Balaban J connectivity index is 2.46. The van der Waals surface area contributed by atoms with Crippen molar-refractivity contribution in [1.29, 1.82) is 0 Å². The molecule has 0 aromatic rings. The van der Waals surface area contributed by atoms with Crippen LogP contribution in [0.25, 0.3) is 0 Å². The minimum absolute atomic E-state index is 0.0429. The number of nitrogens with two attached hydrogens (primary N) is 1. The van der Waals surface area contributed by atoms with E-state index in [2.05, 4.69) is 5.32 Å². The molecule has 1 amide bonds. The van der Waals surface area contributed by atoms with Gasteiger partial charge in [0.2, 0.25) is 5.91 Å². The Hall–Kier alpha value is -0.260. The quantitative estimate of drug-likeness (QED) is 0.644. The predicted octanol–water partition coefficient (Wildman–Crippen LogP) is -0.561. The van der Waals surface area contributed by atoms with Crippen LogP contribution in [0.4, 0.5) is 0 Å². The van der Waals surface area contributed by atoms with E-state index in [4.69, 9.17) is 10.5 Å². The Morgan fingerprint density at radius 3 is 3.08 bits per heavy atom. The van der Waals surface area contributed by atoms with Crippen molar-refractivity contribution in [2.75, 3.05) is 31.7 Å². The number of nitrogens with one attached hydrogen (secondary N) is 1. The third-order valence-corrected chi connectivity index (χ3v) is 2.81. The summed E-state index contributed by atoms with van der Waals surface area (Å²) in [5.74, 6) is 0.313. The zero-order valence-electron chi connectivity index (χ0n) is 7.79. The molecular weight excluding hydrogens is 188 g/mol. The normalized spacial score (nSPS) is 25.5. The lowest BCUT2D eigenvalue weighted by Crippen LogP contribution is -2.47. The smallest absolute Gasteiger partial charge is 0.224 e. The number of ether oxygens (including phenoxy) is 1. The van der Waals surface area contributed by atoms with Crippen molar-refractivity contribution in [1.82, 2.24) is 5.32 Å². The summed E-state index contributed by atoms with van der Waals surface area (Å²) >= 11 is 1.62. The number of rotatable bonds is 4. The molecule has 0 spiro atoms. The lowest BCUT2D eigenvalue weighted by atomic mass is 10.0. The number of morpholine rings is 1.